The summed E-state index contributed by atoms with van der Waals surface area (Å²) in [6.45, 7) is 4.30. The number of halogens is 3. The van der Waals surface area contributed by atoms with E-state index in [1.54, 1.807) is 24.3 Å². The van der Waals surface area contributed by atoms with Crippen molar-refractivity contribution < 1.29 is 22.3 Å². The third-order valence-electron chi connectivity index (χ3n) is 4.81. The minimum absolute atomic E-state index is 0.154. The summed E-state index contributed by atoms with van der Waals surface area (Å²) in [6.07, 6.45) is -4.51. The van der Waals surface area contributed by atoms with Crippen molar-refractivity contribution in [2.45, 2.75) is 20.0 Å². The summed E-state index contributed by atoms with van der Waals surface area (Å²) < 4.78 is 52.2. The van der Waals surface area contributed by atoms with Gasteiger partial charge in [-0.15, -0.1) is 0 Å². The zero-order chi connectivity index (χ0) is 22.0. The van der Waals surface area contributed by atoms with E-state index in [1.165, 1.54) is 18.2 Å². The first-order chi connectivity index (χ1) is 14.8. The summed E-state index contributed by atoms with van der Waals surface area (Å²) in [7, 11) is 0. The van der Waals surface area contributed by atoms with Crippen molar-refractivity contribution in [2.24, 2.45) is 4.99 Å². The Kier molecular flexibility index (Phi) is 5.55. The minimum atomic E-state index is -4.51. The second-order valence-corrected chi connectivity index (χ2v) is 7.08. The van der Waals surface area contributed by atoms with Crippen LogP contribution in [0.2, 0.25) is 0 Å². The number of para-hydroxylation sites is 1. The Morgan fingerprint density at radius 3 is 2.39 bits per heavy atom. The van der Waals surface area contributed by atoms with Gasteiger partial charge >= 0.3 is 6.18 Å². The Hall–Kier alpha value is -3.54. The molecular weight excluding hydrogens is 403 g/mol. The van der Waals surface area contributed by atoms with Crippen molar-refractivity contribution in [1.29, 1.82) is 0 Å². The van der Waals surface area contributed by atoms with Gasteiger partial charge in [0.2, 0.25) is 0 Å². The highest BCUT2D eigenvalue weighted by Gasteiger charge is 2.33. The summed E-state index contributed by atoms with van der Waals surface area (Å²) in [5, 5.41) is 0.939. The Labute approximate surface area is 177 Å². The van der Waals surface area contributed by atoms with Gasteiger partial charge < -0.3 is 9.15 Å². The number of aryl methyl sites for hydroxylation is 1. The molecule has 0 radical (unpaired) electrons. The van der Waals surface area contributed by atoms with Crippen molar-refractivity contribution in [3.8, 4) is 17.1 Å². The molecule has 0 saturated carbocycles. The SMILES string of the molecule is CCOc1ccc2oc(-c3ccc(C)cc3)cc(=Nc3ccccc3C(F)(F)F)c2c1. The molecule has 0 aliphatic carbocycles. The van der Waals surface area contributed by atoms with Gasteiger partial charge in [-0.2, -0.15) is 13.2 Å². The Bertz CT molecular complexity index is 1290. The van der Waals surface area contributed by atoms with Gasteiger partial charge in [-0.1, -0.05) is 42.0 Å². The molecule has 0 spiro atoms. The average molecular weight is 423 g/mol. The lowest BCUT2D eigenvalue weighted by atomic mass is 10.1. The molecule has 0 aliphatic heterocycles. The first-order valence-electron chi connectivity index (χ1n) is 9.84. The van der Waals surface area contributed by atoms with Crippen LogP contribution in [0.25, 0.3) is 22.3 Å². The summed E-state index contributed by atoms with van der Waals surface area (Å²) in [6, 6.07) is 19.9. The van der Waals surface area contributed by atoms with Gasteiger partial charge in [-0.05, 0) is 44.2 Å². The highest BCUT2D eigenvalue weighted by Crippen LogP contribution is 2.36. The van der Waals surface area contributed by atoms with Crippen LogP contribution >= 0.6 is 0 Å². The van der Waals surface area contributed by atoms with Gasteiger partial charge in [0.05, 0.1) is 23.2 Å². The lowest BCUT2D eigenvalue weighted by Gasteiger charge is -2.10. The Balaban J connectivity index is 2.00. The number of fused-ring (bicyclic) bond motifs is 1. The number of nitrogens with zero attached hydrogens (tertiary/aromatic N) is 1. The average Bonchev–Trinajstić information content (AvgIpc) is 2.74. The van der Waals surface area contributed by atoms with Crippen LogP contribution in [0.15, 0.2) is 82.2 Å². The maximum Gasteiger partial charge on any atom is 0.418 e. The molecule has 0 saturated heterocycles. The van der Waals surface area contributed by atoms with Crippen LogP contribution in [-0.2, 0) is 6.18 Å². The summed E-state index contributed by atoms with van der Waals surface area (Å²) in [5.74, 6) is 1.11. The van der Waals surface area contributed by atoms with E-state index in [0.717, 1.165) is 17.2 Å². The molecule has 4 aromatic rings. The van der Waals surface area contributed by atoms with Crippen molar-refractivity contribution >= 4 is 16.7 Å². The molecule has 0 amide bonds. The van der Waals surface area contributed by atoms with E-state index in [1.807, 2.05) is 38.1 Å². The fourth-order valence-electron chi connectivity index (χ4n) is 3.30. The maximum atomic E-state index is 13.5. The highest BCUT2D eigenvalue weighted by atomic mass is 19.4. The van der Waals surface area contributed by atoms with Crippen LogP contribution < -0.4 is 10.1 Å². The zero-order valence-electron chi connectivity index (χ0n) is 17.0. The Morgan fingerprint density at radius 2 is 1.68 bits per heavy atom. The largest absolute Gasteiger partial charge is 0.494 e. The monoisotopic (exact) mass is 423 g/mol. The van der Waals surface area contributed by atoms with Crippen LogP contribution in [0.3, 0.4) is 0 Å². The van der Waals surface area contributed by atoms with Crippen LogP contribution in [0.1, 0.15) is 18.1 Å². The molecule has 0 N–H and O–H groups in total. The molecule has 1 heterocycles. The van der Waals surface area contributed by atoms with Gasteiger partial charge in [0.15, 0.2) is 0 Å². The second-order valence-electron chi connectivity index (χ2n) is 7.08. The summed E-state index contributed by atoms with van der Waals surface area (Å²) in [5.41, 5.74) is 1.46. The third-order valence-corrected chi connectivity index (χ3v) is 4.81. The molecule has 6 heteroatoms. The van der Waals surface area contributed by atoms with E-state index in [9.17, 15) is 13.2 Å². The predicted molar refractivity (Wildman–Crippen MR) is 114 cm³/mol. The minimum Gasteiger partial charge on any atom is -0.494 e. The molecule has 0 atom stereocenters. The second kappa shape index (κ2) is 8.30. The van der Waals surface area contributed by atoms with Crippen LogP contribution in [0.5, 0.6) is 5.75 Å². The Morgan fingerprint density at radius 1 is 0.935 bits per heavy atom. The lowest BCUT2D eigenvalue weighted by Crippen LogP contribution is -2.08. The zero-order valence-corrected chi connectivity index (χ0v) is 17.0. The van der Waals surface area contributed by atoms with Crippen LogP contribution in [-0.4, -0.2) is 6.61 Å². The topological polar surface area (TPSA) is 34.7 Å². The molecule has 0 aliphatic rings. The maximum absolute atomic E-state index is 13.5. The number of hydrogen-bond acceptors (Lipinski definition) is 3. The van der Waals surface area contributed by atoms with E-state index in [0.29, 0.717) is 34.4 Å². The molecule has 4 rings (SSSR count). The lowest BCUT2D eigenvalue weighted by molar-refractivity contribution is -0.137. The standard InChI is InChI=1S/C25H20F3NO2/c1-3-30-18-12-13-23-19(14-18)22(15-24(31-23)17-10-8-16(2)9-11-17)29-21-7-5-4-6-20(21)25(26,27)28/h4-15H,3H2,1-2H3. The van der Waals surface area contributed by atoms with Crippen molar-refractivity contribution in [1.82, 2.24) is 0 Å². The highest BCUT2D eigenvalue weighted by molar-refractivity contribution is 5.80. The van der Waals surface area contributed by atoms with Gasteiger partial charge in [-0.25, -0.2) is 4.99 Å². The molecule has 0 unspecified atom stereocenters. The molecule has 3 aromatic carbocycles. The first kappa shape index (κ1) is 20.7. The normalized spacial score (nSPS) is 12.4. The third kappa shape index (κ3) is 4.48. The van der Waals surface area contributed by atoms with Gasteiger partial charge in [-0.3, -0.25) is 0 Å². The van der Waals surface area contributed by atoms with Crippen molar-refractivity contribution in [2.75, 3.05) is 6.61 Å². The van der Waals surface area contributed by atoms with E-state index < -0.39 is 11.7 Å². The van der Waals surface area contributed by atoms with Gasteiger partial charge in [0.1, 0.15) is 17.1 Å². The smallest absolute Gasteiger partial charge is 0.418 e. The molecule has 0 bridgehead atoms. The number of hydrogen-bond donors (Lipinski definition) is 0. The number of benzene rings is 3. The number of rotatable bonds is 4. The molecular formula is C25H20F3NO2. The van der Waals surface area contributed by atoms with Crippen LogP contribution in [0.4, 0.5) is 18.9 Å². The summed E-state index contributed by atoms with van der Waals surface area (Å²) >= 11 is 0. The quantitative estimate of drug-likeness (QED) is 0.352. The first-order valence-corrected chi connectivity index (χ1v) is 9.84. The fraction of sp³-hybridized carbons (Fsp3) is 0.160. The van der Waals surface area contributed by atoms with E-state index in [2.05, 4.69) is 4.99 Å². The van der Waals surface area contributed by atoms with E-state index in [-0.39, 0.29) is 5.69 Å². The van der Waals surface area contributed by atoms with Crippen LogP contribution in [0, 0.1) is 6.92 Å². The fourth-order valence-corrected chi connectivity index (χ4v) is 3.30. The molecule has 31 heavy (non-hydrogen) atoms. The predicted octanol–water partition coefficient (Wildman–Crippen LogP) is 7.06. The molecule has 0 fully saturated rings. The van der Waals surface area contributed by atoms with Crippen molar-refractivity contribution in [3.05, 3.63) is 89.3 Å². The molecule has 158 valence electrons. The van der Waals surface area contributed by atoms with E-state index in [4.69, 9.17) is 9.15 Å². The molecule has 3 nitrogen and oxygen atoms in total. The van der Waals surface area contributed by atoms with Gasteiger partial charge in [0.25, 0.3) is 0 Å². The number of alkyl halides is 3. The van der Waals surface area contributed by atoms with Gasteiger partial charge in [0, 0.05) is 17.0 Å². The number of ether oxygens (including phenoxy) is 1. The van der Waals surface area contributed by atoms with E-state index >= 15 is 0 Å². The van der Waals surface area contributed by atoms with Crippen molar-refractivity contribution in [3.63, 3.8) is 0 Å². The molecule has 1 aromatic heterocycles. The summed E-state index contributed by atoms with van der Waals surface area (Å²) in [4.78, 5) is 4.41.